The van der Waals surface area contributed by atoms with E-state index in [-0.39, 0.29) is 10.8 Å². The van der Waals surface area contributed by atoms with E-state index in [1.54, 1.807) is 19.9 Å². The van der Waals surface area contributed by atoms with E-state index in [4.69, 9.17) is 11.0 Å². The molecule has 0 aliphatic carbocycles. The summed E-state index contributed by atoms with van der Waals surface area (Å²) in [7, 11) is -4.07. The van der Waals surface area contributed by atoms with Gasteiger partial charge in [-0.05, 0) is 24.1 Å². The van der Waals surface area contributed by atoms with Crippen molar-refractivity contribution < 1.29 is 17.6 Å². The van der Waals surface area contributed by atoms with Gasteiger partial charge in [-0.15, -0.1) is 0 Å². The fraction of sp³-hybridized carbons (Fsp3) is 0.333. The Labute approximate surface area is 116 Å². The summed E-state index contributed by atoms with van der Waals surface area (Å²) in [5, 5.41) is 8.69. The number of amides is 1. The smallest absolute Gasteiger partial charge is 0.241 e. The highest BCUT2D eigenvalue weighted by molar-refractivity contribution is 7.89. The highest BCUT2D eigenvalue weighted by atomic mass is 32.2. The molecule has 8 heteroatoms. The lowest BCUT2D eigenvalue weighted by Gasteiger charge is -2.19. The van der Waals surface area contributed by atoms with E-state index >= 15 is 0 Å². The van der Waals surface area contributed by atoms with Crippen molar-refractivity contribution in [3.8, 4) is 6.07 Å². The molecule has 20 heavy (non-hydrogen) atoms. The molecule has 108 valence electrons. The lowest BCUT2D eigenvalue weighted by molar-refractivity contribution is -0.120. The highest BCUT2D eigenvalue weighted by Crippen LogP contribution is 2.15. The molecule has 1 aromatic rings. The largest absolute Gasteiger partial charge is 0.368 e. The Bertz CT molecular complexity index is 665. The number of nitrogens with zero attached hydrogens (tertiary/aromatic N) is 1. The highest BCUT2D eigenvalue weighted by Gasteiger charge is 2.27. The average Bonchev–Trinajstić information content (AvgIpc) is 2.35. The molecular formula is C12H14FN3O3S. The molecule has 3 N–H and O–H groups in total. The van der Waals surface area contributed by atoms with Gasteiger partial charge in [-0.2, -0.15) is 9.98 Å². The number of halogens is 1. The molecule has 0 aromatic heterocycles. The predicted octanol–water partition coefficient (Wildman–Crippen LogP) is 0.486. The number of carbonyl (C=O) groups is 1. The van der Waals surface area contributed by atoms with Crippen molar-refractivity contribution in [2.24, 2.45) is 11.7 Å². The topological polar surface area (TPSA) is 113 Å². The standard InChI is InChI=1S/C12H14FN3O3S/c1-7(2)11(12(15)17)16-20(18,19)9-3-4-10(13)8(5-9)6-14/h3-5,7,11,16H,1-2H3,(H2,15,17). The molecule has 1 aromatic carbocycles. The van der Waals surface area contributed by atoms with Crippen molar-refractivity contribution in [2.45, 2.75) is 24.8 Å². The van der Waals surface area contributed by atoms with E-state index < -0.39 is 33.4 Å². The zero-order valence-electron chi connectivity index (χ0n) is 10.9. The number of benzene rings is 1. The van der Waals surface area contributed by atoms with E-state index in [1.165, 1.54) is 0 Å². The normalized spacial score (nSPS) is 12.9. The van der Waals surface area contributed by atoms with Gasteiger partial charge in [-0.25, -0.2) is 12.8 Å². The molecule has 1 rings (SSSR count). The number of rotatable bonds is 5. The third-order valence-corrected chi connectivity index (χ3v) is 4.06. The van der Waals surface area contributed by atoms with Crippen molar-refractivity contribution >= 4 is 15.9 Å². The summed E-state index contributed by atoms with van der Waals surface area (Å²) in [5.41, 5.74) is 4.73. The third kappa shape index (κ3) is 3.53. The van der Waals surface area contributed by atoms with Crippen LogP contribution >= 0.6 is 0 Å². The Morgan fingerprint density at radius 1 is 1.45 bits per heavy atom. The molecule has 0 fully saturated rings. The number of nitrogens with one attached hydrogen (secondary N) is 1. The molecule has 1 atom stereocenters. The van der Waals surface area contributed by atoms with Gasteiger partial charge in [0, 0.05) is 0 Å². The Morgan fingerprint density at radius 2 is 2.05 bits per heavy atom. The molecule has 0 aliphatic rings. The number of nitriles is 1. The Morgan fingerprint density at radius 3 is 2.50 bits per heavy atom. The van der Waals surface area contributed by atoms with E-state index in [0.717, 1.165) is 18.2 Å². The minimum atomic E-state index is -4.07. The van der Waals surface area contributed by atoms with Gasteiger partial charge in [0.05, 0.1) is 10.5 Å². The monoisotopic (exact) mass is 299 g/mol. The van der Waals surface area contributed by atoms with Crippen molar-refractivity contribution in [3.63, 3.8) is 0 Å². The zero-order valence-corrected chi connectivity index (χ0v) is 11.7. The van der Waals surface area contributed by atoms with Crippen LogP contribution in [0.2, 0.25) is 0 Å². The van der Waals surface area contributed by atoms with E-state index in [1.807, 2.05) is 0 Å². The van der Waals surface area contributed by atoms with Crippen molar-refractivity contribution in [3.05, 3.63) is 29.6 Å². The predicted molar refractivity (Wildman–Crippen MR) is 69.3 cm³/mol. The number of primary amides is 1. The van der Waals surface area contributed by atoms with Crippen LogP contribution in [0.15, 0.2) is 23.1 Å². The molecule has 0 radical (unpaired) electrons. The van der Waals surface area contributed by atoms with Crippen molar-refractivity contribution in [1.82, 2.24) is 4.72 Å². The quantitative estimate of drug-likeness (QED) is 0.823. The molecular weight excluding hydrogens is 285 g/mol. The molecule has 6 nitrogen and oxygen atoms in total. The van der Waals surface area contributed by atoms with Crippen LogP contribution in [0.1, 0.15) is 19.4 Å². The summed E-state index contributed by atoms with van der Waals surface area (Å²) >= 11 is 0. The van der Waals surface area contributed by atoms with E-state index in [2.05, 4.69) is 4.72 Å². The lowest BCUT2D eigenvalue weighted by atomic mass is 10.1. The Kier molecular flexibility index (Phi) is 4.81. The first-order chi connectivity index (χ1) is 9.19. The molecule has 0 heterocycles. The van der Waals surface area contributed by atoms with Crippen LogP contribution in [0.3, 0.4) is 0 Å². The summed E-state index contributed by atoms with van der Waals surface area (Å²) < 4.78 is 39.5. The van der Waals surface area contributed by atoms with Crippen LogP contribution in [0.4, 0.5) is 4.39 Å². The summed E-state index contributed by atoms with van der Waals surface area (Å²) in [6, 6.07) is 3.25. The molecule has 0 spiro atoms. The van der Waals surface area contributed by atoms with Gasteiger partial charge in [-0.3, -0.25) is 4.79 Å². The number of carbonyl (C=O) groups excluding carboxylic acids is 1. The average molecular weight is 299 g/mol. The van der Waals surface area contributed by atoms with Gasteiger partial charge in [0.1, 0.15) is 17.9 Å². The maximum Gasteiger partial charge on any atom is 0.241 e. The molecule has 0 bridgehead atoms. The van der Waals surface area contributed by atoms with E-state index in [9.17, 15) is 17.6 Å². The van der Waals surface area contributed by atoms with Crippen molar-refractivity contribution in [1.29, 1.82) is 5.26 Å². The van der Waals surface area contributed by atoms with Crippen molar-refractivity contribution in [2.75, 3.05) is 0 Å². The van der Waals surface area contributed by atoms with Crippen LogP contribution in [0.25, 0.3) is 0 Å². The van der Waals surface area contributed by atoms with Gasteiger partial charge in [-0.1, -0.05) is 13.8 Å². The van der Waals surface area contributed by atoms with Gasteiger partial charge >= 0.3 is 0 Å². The summed E-state index contributed by atoms with van der Waals surface area (Å²) in [5.74, 6) is -1.98. The summed E-state index contributed by atoms with van der Waals surface area (Å²) in [6.07, 6.45) is 0. The third-order valence-electron chi connectivity index (χ3n) is 2.62. The SMILES string of the molecule is CC(C)C(NS(=O)(=O)c1ccc(F)c(C#N)c1)C(N)=O. The van der Waals surface area contributed by atoms with Crippen LogP contribution < -0.4 is 10.5 Å². The number of sulfonamides is 1. The maximum atomic E-state index is 13.2. The first-order valence-electron chi connectivity index (χ1n) is 5.70. The molecule has 1 amide bonds. The Hall–Kier alpha value is -1.98. The minimum Gasteiger partial charge on any atom is -0.368 e. The molecule has 0 saturated heterocycles. The molecule has 0 saturated carbocycles. The van der Waals surface area contributed by atoms with Gasteiger partial charge in [0.2, 0.25) is 15.9 Å². The lowest BCUT2D eigenvalue weighted by Crippen LogP contribution is -2.47. The van der Waals surface area contributed by atoms with Gasteiger partial charge < -0.3 is 5.73 Å². The zero-order chi connectivity index (χ0) is 15.5. The van der Waals surface area contributed by atoms with Gasteiger partial charge in [0.25, 0.3) is 0 Å². The van der Waals surface area contributed by atoms with Crippen LogP contribution in [0, 0.1) is 23.1 Å². The maximum absolute atomic E-state index is 13.2. The van der Waals surface area contributed by atoms with Crippen LogP contribution in [-0.4, -0.2) is 20.4 Å². The Balaban J connectivity index is 3.18. The number of nitrogens with two attached hydrogens (primary N) is 1. The second-order valence-electron chi connectivity index (χ2n) is 4.50. The second kappa shape index (κ2) is 5.98. The first-order valence-corrected chi connectivity index (χ1v) is 7.18. The molecule has 0 aliphatic heterocycles. The van der Waals surface area contributed by atoms with Gasteiger partial charge in [0.15, 0.2) is 0 Å². The molecule has 1 unspecified atom stereocenters. The fourth-order valence-corrected chi connectivity index (χ4v) is 2.89. The second-order valence-corrected chi connectivity index (χ2v) is 6.21. The first kappa shape index (κ1) is 16.1. The van der Waals surface area contributed by atoms with Crippen LogP contribution in [-0.2, 0) is 14.8 Å². The number of hydrogen-bond acceptors (Lipinski definition) is 4. The summed E-state index contributed by atoms with van der Waals surface area (Å²) in [6.45, 7) is 3.26. The van der Waals surface area contributed by atoms with Crippen LogP contribution in [0.5, 0.6) is 0 Å². The number of hydrogen-bond donors (Lipinski definition) is 2. The fourth-order valence-electron chi connectivity index (χ4n) is 1.52. The van der Waals surface area contributed by atoms with E-state index in [0.29, 0.717) is 0 Å². The minimum absolute atomic E-state index is 0.303. The summed E-state index contributed by atoms with van der Waals surface area (Å²) in [4.78, 5) is 10.9.